The van der Waals surface area contributed by atoms with Crippen LogP contribution in [0.1, 0.15) is 20.3 Å². The smallest absolute Gasteiger partial charge is 0.0638 e. The Bertz CT molecular complexity index is 219. The summed E-state index contributed by atoms with van der Waals surface area (Å²) in [4.78, 5) is 4.72. The minimum atomic E-state index is 0.410. The van der Waals surface area contributed by atoms with Crippen molar-refractivity contribution in [3.63, 3.8) is 0 Å². The van der Waals surface area contributed by atoms with Crippen LogP contribution >= 0.6 is 0 Å². The molecule has 3 heteroatoms. The van der Waals surface area contributed by atoms with E-state index in [9.17, 15) is 0 Å². The fraction of sp³-hybridized carbons (Fsp3) is 0.909. The quantitative estimate of drug-likeness (QED) is 0.677. The second kappa shape index (κ2) is 4.77. The normalized spacial score (nSPS) is 30.6. The van der Waals surface area contributed by atoms with Gasteiger partial charge in [0.1, 0.15) is 0 Å². The second-order valence-electron chi connectivity index (χ2n) is 4.67. The van der Waals surface area contributed by atoms with Gasteiger partial charge >= 0.3 is 0 Å². The van der Waals surface area contributed by atoms with Crippen molar-refractivity contribution in [1.29, 1.82) is 5.26 Å². The van der Waals surface area contributed by atoms with E-state index in [2.05, 4.69) is 43.8 Å². The van der Waals surface area contributed by atoms with Crippen molar-refractivity contribution < 1.29 is 0 Å². The van der Waals surface area contributed by atoms with Crippen LogP contribution in [0.15, 0.2) is 0 Å². The van der Waals surface area contributed by atoms with Crippen molar-refractivity contribution in [2.24, 2.45) is 5.92 Å². The van der Waals surface area contributed by atoms with Gasteiger partial charge in [-0.1, -0.05) is 6.92 Å². The first-order valence-corrected chi connectivity index (χ1v) is 5.33. The van der Waals surface area contributed by atoms with Gasteiger partial charge in [0.05, 0.1) is 12.5 Å². The molecule has 3 unspecified atom stereocenters. The highest BCUT2D eigenvalue weighted by molar-refractivity contribution is 4.91. The molecule has 1 saturated heterocycles. The second-order valence-corrected chi connectivity index (χ2v) is 4.67. The van der Waals surface area contributed by atoms with E-state index < -0.39 is 0 Å². The Morgan fingerprint density at radius 1 is 1.50 bits per heavy atom. The van der Waals surface area contributed by atoms with Crippen LogP contribution < -0.4 is 0 Å². The van der Waals surface area contributed by atoms with E-state index in [-0.39, 0.29) is 0 Å². The molecule has 0 aromatic heterocycles. The van der Waals surface area contributed by atoms with Gasteiger partial charge in [0.2, 0.25) is 0 Å². The van der Waals surface area contributed by atoms with Crippen molar-refractivity contribution in [1.82, 2.24) is 9.80 Å². The zero-order valence-electron chi connectivity index (χ0n) is 9.70. The van der Waals surface area contributed by atoms with Gasteiger partial charge in [-0.25, -0.2) is 0 Å². The van der Waals surface area contributed by atoms with Gasteiger partial charge in [-0.05, 0) is 26.9 Å². The SMILES string of the molecule is CC1CN(C(C)CC#N)CC1N(C)C. The number of likely N-dealkylation sites (tertiary alicyclic amines) is 1. The van der Waals surface area contributed by atoms with E-state index in [0.717, 1.165) is 13.1 Å². The Kier molecular flexibility index (Phi) is 3.91. The Morgan fingerprint density at radius 2 is 2.14 bits per heavy atom. The molecule has 0 N–H and O–H groups in total. The fourth-order valence-corrected chi connectivity index (χ4v) is 2.28. The fourth-order valence-electron chi connectivity index (χ4n) is 2.28. The predicted octanol–water partition coefficient (Wildman–Crippen LogP) is 1.17. The summed E-state index contributed by atoms with van der Waals surface area (Å²) in [5.41, 5.74) is 0. The van der Waals surface area contributed by atoms with Crippen molar-refractivity contribution in [3.8, 4) is 6.07 Å². The Morgan fingerprint density at radius 3 is 2.57 bits per heavy atom. The number of hydrogen-bond donors (Lipinski definition) is 0. The highest BCUT2D eigenvalue weighted by Crippen LogP contribution is 2.22. The summed E-state index contributed by atoms with van der Waals surface area (Å²) in [6.45, 7) is 6.68. The zero-order valence-corrected chi connectivity index (χ0v) is 9.70. The van der Waals surface area contributed by atoms with Crippen LogP contribution in [-0.4, -0.2) is 49.1 Å². The molecule has 14 heavy (non-hydrogen) atoms. The lowest BCUT2D eigenvalue weighted by atomic mass is 10.1. The van der Waals surface area contributed by atoms with Crippen LogP contribution in [0.25, 0.3) is 0 Å². The highest BCUT2D eigenvalue weighted by atomic mass is 15.3. The molecule has 0 bridgehead atoms. The summed E-state index contributed by atoms with van der Waals surface area (Å²) < 4.78 is 0. The molecule has 1 rings (SSSR count). The molecule has 1 aliphatic heterocycles. The van der Waals surface area contributed by atoms with Crippen molar-refractivity contribution >= 4 is 0 Å². The Balaban J connectivity index is 2.50. The molecule has 0 spiro atoms. The van der Waals surface area contributed by atoms with Gasteiger partial charge in [0, 0.05) is 25.2 Å². The van der Waals surface area contributed by atoms with Gasteiger partial charge < -0.3 is 4.90 Å². The van der Waals surface area contributed by atoms with Crippen molar-refractivity contribution in [3.05, 3.63) is 0 Å². The van der Waals surface area contributed by atoms with Crippen LogP contribution in [0.3, 0.4) is 0 Å². The molecular formula is C11H21N3. The van der Waals surface area contributed by atoms with Gasteiger partial charge in [0.15, 0.2) is 0 Å². The molecule has 0 saturated carbocycles. The molecule has 0 aliphatic carbocycles. The minimum absolute atomic E-state index is 0.410. The maximum Gasteiger partial charge on any atom is 0.0638 e. The van der Waals surface area contributed by atoms with Gasteiger partial charge in [0.25, 0.3) is 0 Å². The van der Waals surface area contributed by atoms with Gasteiger partial charge in [-0.3, -0.25) is 4.90 Å². The lowest BCUT2D eigenvalue weighted by Gasteiger charge is -2.24. The van der Waals surface area contributed by atoms with Crippen LogP contribution in [0.4, 0.5) is 0 Å². The molecule has 3 nitrogen and oxygen atoms in total. The molecule has 1 aliphatic rings. The molecular weight excluding hydrogens is 174 g/mol. The third kappa shape index (κ3) is 2.46. The minimum Gasteiger partial charge on any atom is -0.305 e. The molecule has 0 radical (unpaired) electrons. The summed E-state index contributed by atoms with van der Waals surface area (Å²) in [5.74, 6) is 0.714. The molecule has 1 fully saturated rings. The standard InChI is InChI=1S/C11H21N3/c1-9-7-14(10(2)5-6-12)8-11(9)13(3)4/h9-11H,5,7-8H2,1-4H3. The first kappa shape index (κ1) is 11.5. The monoisotopic (exact) mass is 195 g/mol. The van der Waals surface area contributed by atoms with E-state index in [4.69, 9.17) is 5.26 Å². The van der Waals surface area contributed by atoms with Gasteiger partial charge in [-0.15, -0.1) is 0 Å². The first-order valence-electron chi connectivity index (χ1n) is 5.33. The highest BCUT2D eigenvalue weighted by Gasteiger charge is 2.32. The van der Waals surface area contributed by atoms with E-state index in [0.29, 0.717) is 24.4 Å². The van der Waals surface area contributed by atoms with Crippen molar-refractivity contribution in [2.75, 3.05) is 27.2 Å². The molecule has 80 valence electrons. The molecule has 1 heterocycles. The Labute approximate surface area is 87.3 Å². The topological polar surface area (TPSA) is 30.3 Å². The molecule has 0 aromatic rings. The summed E-state index contributed by atoms with van der Waals surface area (Å²) in [6, 6.07) is 3.31. The number of hydrogen-bond acceptors (Lipinski definition) is 3. The van der Waals surface area contributed by atoms with E-state index in [1.54, 1.807) is 0 Å². The summed E-state index contributed by atoms with van der Waals surface area (Å²) >= 11 is 0. The lowest BCUT2D eigenvalue weighted by Crippen LogP contribution is -2.36. The summed E-state index contributed by atoms with van der Waals surface area (Å²) in [7, 11) is 4.28. The number of nitrogens with zero attached hydrogens (tertiary/aromatic N) is 3. The average molecular weight is 195 g/mol. The summed E-state index contributed by atoms with van der Waals surface area (Å²) in [6.07, 6.45) is 0.646. The number of rotatable bonds is 3. The lowest BCUT2D eigenvalue weighted by molar-refractivity contribution is 0.226. The predicted molar refractivity (Wildman–Crippen MR) is 57.9 cm³/mol. The molecule has 3 atom stereocenters. The third-order valence-electron chi connectivity index (χ3n) is 3.27. The summed E-state index contributed by atoms with van der Waals surface area (Å²) in [5, 5.41) is 8.65. The third-order valence-corrected chi connectivity index (χ3v) is 3.27. The van der Waals surface area contributed by atoms with Crippen LogP contribution in [-0.2, 0) is 0 Å². The number of likely N-dealkylation sites (N-methyl/N-ethyl adjacent to an activating group) is 1. The maximum absolute atomic E-state index is 8.65. The van der Waals surface area contributed by atoms with Crippen molar-refractivity contribution in [2.45, 2.75) is 32.4 Å². The van der Waals surface area contributed by atoms with E-state index >= 15 is 0 Å². The van der Waals surface area contributed by atoms with E-state index in [1.807, 2.05) is 0 Å². The average Bonchev–Trinajstić information content (AvgIpc) is 2.48. The Hall–Kier alpha value is -0.590. The molecule has 0 aromatic carbocycles. The largest absolute Gasteiger partial charge is 0.305 e. The van der Waals surface area contributed by atoms with Crippen LogP contribution in [0.5, 0.6) is 0 Å². The first-order chi connectivity index (χ1) is 6.56. The zero-order chi connectivity index (χ0) is 10.7. The molecule has 0 amide bonds. The van der Waals surface area contributed by atoms with Crippen LogP contribution in [0, 0.1) is 17.2 Å². The maximum atomic E-state index is 8.65. The van der Waals surface area contributed by atoms with E-state index in [1.165, 1.54) is 0 Å². The van der Waals surface area contributed by atoms with Crippen LogP contribution in [0.2, 0.25) is 0 Å². The van der Waals surface area contributed by atoms with Gasteiger partial charge in [-0.2, -0.15) is 5.26 Å². The number of nitriles is 1.